The molecule has 0 spiro atoms. The van der Waals surface area contributed by atoms with Crippen molar-refractivity contribution < 1.29 is 22.7 Å². The van der Waals surface area contributed by atoms with Gasteiger partial charge in [0.1, 0.15) is 18.3 Å². The smallest absolute Gasteiger partial charge is 0.264 e. The van der Waals surface area contributed by atoms with E-state index in [4.69, 9.17) is 27.9 Å². The van der Waals surface area contributed by atoms with E-state index in [1.54, 1.807) is 62.4 Å². The summed E-state index contributed by atoms with van der Waals surface area (Å²) >= 11 is 12.1. The van der Waals surface area contributed by atoms with Crippen molar-refractivity contribution >= 4 is 50.7 Å². The summed E-state index contributed by atoms with van der Waals surface area (Å²) in [6.45, 7) is 7.55. The molecule has 0 fully saturated rings. The Morgan fingerprint density at radius 1 is 0.902 bits per heavy atom. The number of carbonyl (C=O) groups is 2. The van der Waals surface area contributed by atoms with Crippen molar-refractivity contribution in [1.82, 2.24) is 10.2 Å². The van der Waals surface area contributed by atoms with Crippen LogP contribution in [0.3, 0.4) is 0 Å². The summed E-state index contributed by atoms with van der Waals surface area (Å²) in [6.07, 6.45) is 0. The second-order valence-electron chi connectivity index (χ2n) is 9.83. The molecule has 3 rings (SSSR count). The Labute approximate surface area is 252 Å². The van der Waals surface area contributed by atoms with Gasteiger partial charge in [0.05, 0.1) is 17.2 Å². The first-order chi connectivity index (χ1) is 19.4. The Morgan fingerprint density at radius 2 is 1.49 bits per heavy atom. The zero-order valence-electron chi connectivity index (χ0n) is 23.5. The molecule has 3 aromatic rings. The number of sulfonamides is 1. The van der Waals surface area contributed by atoms with Crippen LogP contribution in [-0.2, 0) is 26.2 Å². The van der Waals surface area contributed by atoms with Crippen LogP contribution in [-0.4, -0.2) is 50.9 Å². The Bertz CT molecular complexity index is 1430. The maximum atomic E-state index is 14.0. The summed E-state index contributed by atoms with van der Waals surface area (Å²) in [7, 11) is -4.26. The van der Waals surface area contributed by atoms with Crippen molar-refractivity contribution in [3.05, 3.63) is 88.4 Å². The maximum absolute atomic E-state index is 14.0. The predicted molar refractivity (Wildman–Crippen MR) is 163 cm³/mol. The van der Waals surface area contributed by atoms with E-state index in [1.807, 2.05) is 13.8 Å². The highest BCUT2D eigenvalue weighted by Gasteiger charge is 2.33. The summed E-state index contributed by atoms with van der Waals surface area (Å²) in [5.74, 6) is -0.409. The van der Waals surface area contributed by atoms with Gasteiger partial charge in [0.15, 0.2) is 0 Å². The van der Waals surface area contributed by atoms with Gasteiger partial charge in [-0.25, -0.2) is 8.42 Å². The largest absolute Gasteiger partial charge is 0.492 e. The Hall–Kier alpha value is -3.27. The first-order valence-corrected chi connectivity index (χ1v) is 15.4. The number of benzene rings is 3. The number of nitrogens with one attached hydrogen (secondary N) is 1. The molecule has 0 heterocycles. The third kappa shape index (κ3) is 8.61. The van der Waals surface area contributed by atoms with Gasteiger partial charge < -0.3 is 15.0 Å². The molecule has 0 saturated heterocycles. The molecule has 1 atom stereocenters. The van der Waals surface area contributed by atoms with Crippen LogP contribution < -0.4 is 14.4 Å². The topological polar surface area (TPSA) is 96.0 Å². The van der Waals surface area contributed by atoms with E-state index in [0.717, 1.165) is 9.87 Å². The number of hydrogen-bond donors (Lipinski definition) is 1. The summed E-state index contributed by atoms with van der Waals surface area (Å²) in [4.78, 5) is 28.4. The molecule has 0 unspecified atom stereocenters. The van der Waals surface area contributed by atoms with Gasteiger partial charge in [-0.05, 0) is 73.9 Å². The Balaban J connectivity index is 2.06. The van der Waals surface area contributed by atoms with Gasteiger partial charge in [0.2, 0.25) is 11.8 Å². The molecule has 3 aromatic carbocycles. The SMILES string of the molecule is CCOc1ccccc1N(CC(=O)N(Cc1ccc(Cl)cc1)[C@H](C)C(=O)NCC(C)C)S(=O)(=O)c1ccc(Cl)cc1. The third-order valence-corrected chi connectivity index (χ3v) is 8.51. The van der Waals surface area contributed by atoms with Crippen molar-refractivity contribution in [2.24, 2.45) is 5.92 Å². The molecule has 0 aromatic heterocycles. The van der Waals surface area contributed by atoms with E-state index in [2.05, 4.69) is 5.32 Å². The highest BCUT2D eigenvalue weighted by atomic mass is 35.5. The van der Waals surface area contributed by atoms with Gasteiger partial charge >= 0.3 is 0 Å². The summed E-state index contributed by atoms with van der Waals surface area (Å²) < 4.78 is 34.7. The third-order valence-electron chi connectivity index (χ3n) is 6.23. The van der Waals surface area contributed by atoms with Crippen LogP contribution in [0.25, 0.3) is 0 Å². The van der Waals surface area contributed by atoms with E-state index in [1.165, 1.54) is 29.2 Å². The second kappa shape index (κ2) is 14.6. The molecule has 11 heteroatoms. The van der Waals surface area contributed by atoms with E-state index < -0.39 is 28.5 Å². The van der Waals surface area contributed by atoms with Crippen LogP contribution in [0, 0.1) is 5.92 Å². The quantitative estimate of drug-likeness (QED) is 0.262. The molecule has 0 bridgehead atoms. The van der Waals surface area contributed by atoms with Gasteiger partial charge in [-0.2, -0.15) is 0 Å². The van der Waals surface area contributed by atoms with Gasteiger partial charge in [-0.15, -0.1) is 0 Å². The monoisotopic (exact) mass is 619 g/mol. The van der Waals surface area contributed by atoms with Crippen LogP contribution in [0.4, 0.5) is 5.69 Å². The van der Waals surface area contributed by atoms with Gasteiger partial charge in [0.25, 0.3) is 10.0 Å². The molecule has 8 nitrogen and oxygen atoms in total. The lowest BCUT2D eigenvalue weighted by atomic mass is 10.1. The van der Waals surface area contributed by atoms with Crippen LogP contribution in [0.1, 0.15) is 33.3 Å². The standard InChI is InChI=1S/C30H35Cl2N3O5S/c1-5-40-28-9-7-6-8-27(28)35(41(38,39)26-16-14-25(32)15-17-26)20-29(36)34(19-23-10-12-24(31)13-11-23)22(4)30(37)33-18-21(2)3/h6-17,21-22H,5,18-20H2,1-4H3,(H,33,37)/t22-/m1/s1. The summed E-state index contributed by atoms with van der Waals surface area (Å²) in [5.41, 5.74) is 0.925. The summed E-state index contributed by atoms with van der Waals surface area (Å²) in [6, 6.07) is 18.3. The van der Waals surface area contributed by atoms with E-state index in [-0.39, 0.29) is 35.6 Å². The molecule has 0 aliphatic rings. The summed E-state index contributed by atoms with van der Waals surface area (Å²) in [5, 5.41) is 3.77. The van der Waals surface area contributed by atoms with Crippen molar-refractivity contribution in [2.45, 2.75) is 45.2 Å². The number of rotatable bonds is 13. The minimum atomic E-state index is -4.26. The second-order valence-corrected chi connectivity index (χ2v) is 12.6. The normalized spacial score (nSPS) is 12.1. The van der Waals surface area contributed by atoms with Gasteiger partial charge in [-0.1, -0.05) is 61.3 Å². The highest BCUT2D eigenvalue weighted by Crippen LogP contribution is 2.33. The van der Waals surface area contributed by atoms with E-state index in [9.17, 15) is 18.0 Å². The number of carbonyl (C=O) groups excluding carboxylic acids is 2. The first kappa shape index (κ1) is 32.2. The Kier molecular flexibility index (Phi) is 11.5. The maximum Gasteiger partial charge on any atom is 0.264 e. The molecule has 0 radical (unpaired) electrons. The molecule has 1 N–H and O–H groups in total. The van der Waals surface area contributed by atoms with Crippen molar-refractivity contribution in [3.63, 3.8) is 0 Å². The number of nitrogens with zero attached hydrogens (tertiary/aromatic N) is 2. The minimum absolute atomic E-state index is 0.0482. The number of ether oxygens (including phenoxy) is 1. The van der Waals surface area contributed by atoms with Crippen LogP contribution >= 0.6 is 23.2 Å². The van der Waals surface area contributed by atoms with Crippen molar-refractivity contribution in [2.75, 3.05) is 24.0 Å². The minimum Gasteiger partial charge on any atom is -0.492 e. The number of hydrogen-bond acceptors (Lipinski definition) is 5. The fourth-order valence-electron chi connectivity index (χ4n) is 4.01. The molecular weight excluding hydrogens is 585 g/mol. The molecule has 41 heavy (non-hydrogen) atoms. The van der Waals surface area contributed by atoms with Crippen LogP contribution in [0.15, 0.2) is 77.7 Å². The number of halogens is 2. The zero-order chi connectivity index (χ0) is 30.2. The zero-order valence-corrected chi connectivity index (χ0v) is 25.8. The molecule has 0 saturated carbocycles. The van der Waals surface area contributed by atoms with Crippen molar-refractivity contribution in [3.8, 4) is 5.75 Å². The lowest BCUT2D eigenvalue weighted by Gasteiger charge is -2.32. The van der Waals surface area contributed by atoms with Crippen LogP contribution in [0.5, 0.6) is 5.75 Å². The molecular formula is C30H35Cl2N3O5S. The fraction of sp³-hybridized carbons (Fsp3) is 0.333. The lowest BCUT2D eigenvalue weighted by Crippen LogP contribution is -2.51. The molecule has 0 aliphatic heterocycles. The van der Waals surface area contributed by atoms with E-state index in [0.29, 0.717) is 22.3 Å². The average Bonchev–Trinajstić information content (AvgIpc) is 2.94. The lowest BCUT2D eigenvalue weighted by molar-refractivity contribution is -0.139. The number of para-hydroxylation sites is 2. The number of anilines is 1. The highest BCUT2D eigenvalue weighted by molar-refractivity contribution is 7.92. The van der Waals surface area contributed by atoms with E-state index >= 15 is 0 Å². The predicted octanol–water partition coefficient (Wildman–Crippen LogP) is 5.78. The molecule has 2 amide bonds. The average molecular weight is 621 g/mol. The van der Waals surface area contributed by atoms with Crippen molar-refractivity contribution in [1.29, 1.82) is 0 Å². The molecule has 220 valence electrons. The van der Waals surface area contributed by atoms with Gasteiger partial charge in [-0.3, -0.25) is 13.9 Å². The first-order valence-electron chi connectivity index (χ1n) is 13.3. The van der Waals surface area contributed by atoms with Crippen LogP contribution in [0.2, 0.25) is 10.0 Å². The molecule has 0 aliphatic carbocycles. The number of amides is 2. The fourth-order valence-corrected chi connectivity index (χ4v) is 5.69. The Morgan fingerprint density at radius 3 is 2.07 bits per heavy atom. The van der Waals surface area contributed by atoms with Gasteiger partial charge in [0, 0.05) is 23.1 Å².